The highest BCUT2D eigenvalue weighted by Gasteiger charge is 2.21. The Hall–Kier alpha value is -3.10. The molecule has 28 heavy (non-hydrogen) atoms. The molecule has 1 aromatic heterocycles. The molecule has 144 valence electrons. The predicted molar refractivity (Wildman–Crippen MR) is 106 cm³/mol. The fraction of sp³-hybridized carbons (Fsp3) is 0.150. The lowest BCUT2D eigenvalue weighted by Gasteiger charge is -2.17. The zero-order valence-electron chi connectivity index (χ0n) is 15.5. The molecule has 1 heterocycles. The van der Waals surface area contributed by atoms with Crippen molar-refractivity contribution in [3.05, 3.63) is 83.9 Å². The number of rotatable bonds is 6. The molecule has 0 aliphatic heterocycles. The summed E-state index contributed by atoms with van der Waals surface area (Å²) in [6, 6.07) is 15.4. The Bertz CT molecular complexity index is 1050. The van der Waals surface area contributed by atoms with Gasteiger partial charge in [-0.2, -0.15) is 4.31 Å². The molecular weight excluding hydrogens is 376 g/mol. The minimum Gasteiger partial charge on any atom is -0.321 e. The van der Waals surface area contributed by atoms with Gasteiger partial charge in [0.25, 0.3) is 5.91 Å². The van der Waals surface area contributed by atoms with Gasteiger partial charge in [0.1, 0.15) is 5.69 Å². The largest absolute Gasteiger partial charge is 0.321 e. The van der Waals surface area contributed by atoms with Gasteiger partial charge in [0, 0.05) is 25.5 Å². The third kappa shape index (κ3) is 4.59. The zero-order chi connectivity index (χ0) is 20.1. The maximum Gasteiger partial charge on any atom is 0.275 e. The lowest BCUT2D eigenvalue weighted by molar-refractivity contribution is 0.102. The zero-order valence-corrected chi connectivity index (χ0v) is 16.3. The second-order valence-electron chi connectivity index (χ2n) is 6.27. The number of hydrogen-bond donors (Lipinski definition) is 1. The monoisotopic (exact) mass is 396 g/mol. The molecule has 0 saturated heterocycles. The van der Waals surface area contributed by atoms with Gasteiger partial charge in [0.05, 0.1) is 16.8 Å². The van der Waals surface area contributed by atoms with E-state index < -0.39 is 15.9 Å². The van der Waals surface area contributed by atoms with Crippen LogP contribution in [0.4, 0.5) is 5.69 Å². The van der Waals surface area contributed by atoms with E-state index in [1.165, 1.54) is 35.9 Å². The first kappa shape index (κ1) is 19.7. The number of aromatic nitrogens is 2. The maximum absolute atomic E-state index is 12.7. The molecular formula is C20H20N4O3S. The first-order chi connectivity index (χ1) is 13.4. The van der Waals surface area contributed by atoms with E-state index in [2.05, 4.69) is 15.3 Å². The molecule has 3 aromatic rings. The summed E-state index contributed by atoms with van der Waals surface area (Å²) in [5.74, 6) is -0.413. The molecule has 8 heteroatoms. The highest BCUT2D eigenvalue weighted by molar-refractivity contribution is 7.89. The number of carbonyl (C=O) groups is 1. The van der Waals surface area contributed by atoms with Crippen molar-refractivity contribution < 1.29 is 13.2 Å². The van der Waals surface area contributed by atoms with Crippen LogP contribution in [0.1, 0.15) is 21.7 Å². The van der Waals surface area contributed by atoms with E-state index in [0.717, 1.165) is 5.56 Å². The van der Waals surface area contributed by atoms with Gasteiger partial charge in [-0.15, -0.1) is 0 Å². The predicted octanol–water partition coefficient (Wildman–Crippen LogP) is 2.86. The van der Waals surface area contributed by atoms with Gasteiger partial charge in [-0.25, -0.2) is 13.4 Å². The van der Waals surface area contributed by atoms with Crippen molar-refractivity contribution in [2.75, 3.05) is 12.4 Å². The molecule has 0 aliphatic rings. The van der Waals surface area contributed by atoms with Gasteiger partial charge in [0.2, 0.25) is 10.0 Å². The van der Waals surface area contributed by atoms with Gasteiger partial charge in [-0.1, -0.05) is 30.3 Å². The summed E-state index contributed by atoms with van der Waals surface area (Å²) in [6.45, 7) is 2.05. The number of nitrogens with zero attached hydrogens (tertiary/aromatic N) is 3. The van der Waals surface area contributed by atoms with Gasteiger partial charge < -0.3 is 5.32 Å². The summed E-state index contributed by atoms with van der Waals surface area (Å²) in [4.78, 5) is 20.4. The third-order valence-corrected chi connectivity index (χ3v) is 5.90. The SMILES string of the molecule is Cc1cnc(C(=O)Nc2ccc(S(=O)(=O)N(C)Cc3ccccc3)cc2)cn1. The number of carbonyl (C=O) groups excluding carboxylic acids is 1. The molecule has 0 unspecified atom stereocenters. The second-order valence-corrected chi connectivity index (χ2v) is 8.31. The van der Waals surface area contributed by atoms with E-state index in [0.29, 0.717) is 11.4 Å². The summed E-state index contributed by atoms with van der Waals surface area (Å²) >= 11 is 0. The minimum absolute atomic E-state index is 0.152. The Morgan fingerprint density at radius 1 is 1.00 bits per heavy atom. The van der Waals surface area contributed by atoms with Crippen LogP contribution in [0.2, 0.25) is 0 Å². The Morgan fingerprint density at radius 2 is 1.68 bits per heavy atom. The lowest BCUT2D eigenvalue weighted by Crippen LogP contribution is -2.26. The smallest absolute Gasteiger partial charge is 0.275 e. The van der Waals surface area contributed by atoms with E-state index >= 15 is 0 Å². The molecule has 1 amide bonds. The number of benzene rings is 2. The molecule has 0 fully saturated rings. The van der Waals surface area contributed by atoms with Crippen LogP contribution in [0.25, 0.3) is 0 Å². The van der Waals surface area contributed by atoms with Gasteiger partial charge in [-0.3, -0.25) is 9.78 Å². The fourth-order valence-electron chi connectivity index (χ4n) is 2.52. The van der Waals surface area contributed by atoms with Crippen LogP contribution < -0.4 is 5.32 Å². The second kappa shape index (κ2) is 8.28. The Morgan fingerprint density at radius 3 is 2.29 bits per heavy atom. The summed E-state index contributed by atoms with van der Waals surface area (Å²) < 4.78 is 26.8. The highest BCUT2D eigenvalue weighted by atomic mass is 32.2. The van der Waals surface area contributed by atoms with E-state index in [-0.39, 0.29) is 17.1 Å². The van der Waals surface area contributed by atoms with Crippen molar-refractivity contribution >= 4 is 21.6 Å². The molecule has 0 saturated carbocycles. The number of hydrogen-bond acceptors (Lipinski definition) is 5. The molecule has 0 aliphatic carbocycles. The first-order valence-electron chi connectivity index (χ1n) is 8.56. The first-order valence-corrected chi connectivity index (χ1v) is 10.0. The number of aryl methyl sites for hydroxylation is 1. The van der Waals surface area contributed by atoms with Crippen molar-refractivity contribution in [1.29, 1.82) is 0 Å². The number of amides is 1. The molecule has 0 radical (unpaired) electrons. The summed E-state index contributed by atoms with van der Waals surface area (Å²) in [7, 11) is -2.11. The van der Waals surface area contributed by atoms with E-state index in [1.54, 1.807) is 19.1 Å². The standard InChI is InChI=1S/C20H20N4O3S/c1-15-12-22-19(13-21-15)20(25)23-17-8-10-18(11-9-17)28(26,27)24(2)14-16-6-4-3-5-7-16/h3-13H,14H2,1-2H3,(H,23,25). The van der Waals surface area contributed by atoms with E-state index in [1.807, 2.05) is 30.3 Å². The average Bonchev–Trinajstić information content (AvgIpc) is 2.69. The van der Waals surface area contributed by atoms with Gasteiger partial charge in [0.15, 0.2) is 0 Å². The van der Waals surface area contributed by atoms with Crippen molar-refractivity contribution in [2.24, 2.45) is 0 Å². The summed E-state index contributed by atoms with van der Waals surface area (Å²) in [6.07, 6.45) is 2.90. The molecule has 7 nitrogen and oxygen atoms in total. The van der Waals surface area contributed by atoms with Crippen molar-refractivity contribution in [3.63, 3.8) is 0 Å². The average molecular weight is 396 g/mol. The van der Waals surface area contributed by atoms with Crippen LogP contribution in [-0.4, -0.2) is 35.6 Å². The van der Waals surface area contributed by atoms with Crippen LogP contribution >= 0.6 is 0 Å². The molecule has 3 rings (SSSR count). The number of anilines is 1. The van der Waals surface area contributed by atoms with Crippen LogP contribution in [0, 0.1) is 6.92 Å². The molecule has 0 spiro atoms. The molecule has 2 aromatic carbocycles. The quantitative estimate of drug-likeness (QED) is 0.692. The number of nitrogens with one attached hydrogen (secondary N) is 1. The maximum atomic E-state index is 12.7. The van der Waals surface area contributed by atoms with Gasteiger partial charge >= 0.3 is 0 Å². The van der Waals surface area contributed by atoms with Crippen molar-refractivity contribution in [2.45, 2.75) is 18.4 Å². The Balaban J connectivity index is 1.70. The third-order valence-electron chi connectivity index (χ3n) is 4.08. The topological polar surface area (TPSA) is 92.3 Å². The summed E-state index contributed by atoms with van der Waals surface area (Å²) in [5, 5.41) is 2.68. The molecule has 1 N–H and O–H groups in total. The highest BCUT2D eigenvalue weighted by Crippen LogP contribution is 2.19. The lowest BCUT2D eigenvalue weighted by atomic mass is 10.2. The Kier molecular flexibility index (Phi) is 5.81. The fourth-order valence-corrected chi connectivity index (χ4v) is 3.68. The number of sulfonamides is 1. The van der Waals surface area contributed by atoms with E-state index in [9.17, 15) is 13.2 Å². The normalized spacial score (nSPS) is 11.4. The van der Waals surface area contributed by atoms with Crippen LogP contribution in [0.5, 0.6) is 0 Å². The molecule has 0 atom stereocenters. The van der Waals surface area contributed by atoms with Crippen molar-refractivity contribution in [1.82, 2.24) is 14.3 Å². The Labute approximate surface area is 164 Å². The van der Waals surface area contributed by atoms with Crippen LogP contribution in [0.3, 0.4) is 0 Å². The van der Waals surface area contributed by atoms with E-state index in [4.69, 9.17) is 0 Å². The van der Waals surface area contributed by atoms with Crippen LogP contribution in [-0.2, 0) is 16.6 Å². The van der Waals surface area contributed by atoms with Crippen molar-refractivity contribution in [3.8, 4) is 0 Å². The summed E-state index contributed by atoms with van der Waals surface area (Å²) in [5.41, 5.74) is 2.27. The van der Waals surface area contributed by atoms with Crippen LogP contribution in [0.15, 0.2) is 71.9 Å². The van der Waals surface area contributed by atoms with Gasteiger partial charge in [-0.05, 0) is 36.8 Å². The minimum atomic E-state index is -3.64. The molecule has 0 bridgehead atoms.